The molecule has 5 nitrogen and oxygen atoms in total. The minimum absolute atomic E-state index is 0.181. The predicted molar refractivity (Wildman–Crippen MR) is 113 cm³/mol. The second-order valence-electron chi connectivity index (χ2n) is 7.63. The summed E-state index contributed by atoms with van der Waals surface area (Å²) in [7, 11) is 3.25. The molecule has 4 rings (SSSR count). The topological polar surface area (TPSA) is 47.7 Å². The van der Waals surface area contributed by atoms with Crippen molar-refractivity contribution >= 4 is 0 Å². The molecule has 1 unspecified atom stereocenters. The van der Waals surface area contributed by atoms with E-state index in [4.69, 9.17) is 18.9 Å². The van der Waals surface area contributed by atoms with Gasteiger partial charge in [0.15, 0.2) is 0 Å². The van der Waals surface area contributed by atoms with E-state index in [1.54, 1.807) is 26.4 Å². The fourth-order valence-corrected chi connectivity index (χ4v) is 4.14. The number of aromatic nitrogens is 1. The lowest BCUT2D eigenvalue weighted by Gasteiger charge is -2.35. The maximum Gasteiger partial charge on any atom is 0.230 e. The molecule has 0 spiro atoms. The van der Waals surface area contributed by atoms with Crippen molar-refractivity contribution in [2.45, 2.75) is 38.8 Å². The number of likely N-dealkylation sites (tertiary alicyclic amines) is 1. The Morgan fingerprint density at radius 1 is 1.13 bits per heavy atom. The van der Waals surface area contributed by atoms with Crippen molar-refractivity contribution in [3.63, 3.8) is 0 Å². The van der Waals surface area contributed by atoms with Gasteiger partial charge < -0.3 is 13.9 Å². The molecular formula is C24H27FN2O3. The van der Waals surface area contributed by atoms with Gasteiger partial charge in [-0.2, -0.15) is 0 Å². The van der Waals surface area contributed by atoms with Gasteiger partial charge >= 0.3 is 0 Å². The standard InChI is InChI=1S/C24H27FN2O3/c1-16-21(26-24(30-16)20-14-19(28-2)10-11-23(20)29-3)15-27-12-5-4-9-22(27)17-7-6-8-18(25)13-17/h6-8,10-11,13-14,22H,4-5,9,12,15H2,1-3H3. The fraction of sp³-hybridized carbons (Fsp3) is 0.375. The third-order valence-corrected chi connectivity index (χ3v) is 5.73. The van der Waals surface area contributed by atoms with Crippen LogP contribution in [0.15, 0.2) is 46.9 Å². The molecule has 1 aliphatic rings. The quantitative estimate of drug-likeness (QED) is 0.534. The number of halogens is 1. The smallest absolute Gasteiger partial charge is 0.230 e. The second kappa shape index (κ2) is 8.88. The highest BCUT2D eigenvalue weighted by atomic mass is 19.1. The molecule has 0 radical (unpaired) electrons. The van der Waals surface area contributed by atoms with Gasteiger partial charge in [-0.05, 0) is 62.2 Å². The minimum atomic E-state index is -0.192. The molecule has 6 heteroatoms. The van der Waals surface area contributed by atoms with Gasteiger partial charge in [0, 0.05) is 12.6 Å². The van der Waals surface area contributed by atoms with E-state index in [0.29, 0.717) is 23.9 Å². The normalized spacial score (nSPS) is 17.1. The van der Waals surface area contributed by atoms with Crippen LogP contribution in [-0.4, -0.2) is 30.6 Å². The van der Waals surface area contributed by atoms with Crippen LogP contribution in [0.4, 0.5) is 4.39 Å². The molecule has 0 N–H and O–H groups in total. The molecule has 2 heterocycles. The average Bonchev–Trinajstić information content (AvgIpc) is 3.13. The Bertz CT molecular complexity index is 1020. The van der Waals surface area contributed by atoms with E-state index in [9.17, 15) is 4.39 Å². The molecule has 0 aliphatic carbocycles. The zero-order chi connectivity index (χ0) is 21.1. The third-order valence-electron chi connectivity index (χ3n) is 5.73. The molecule has 158 valence electrons. The van der Waals surface area contributed by atoms with Crippen molar-refractivity contribution in [3.05, 3.63) is 65.3 Å². The van der Waals surface area contributed by atoms with Gasteiger partial charge in [0.2, 0.25) is 5.89 Å². The Balaban J connectivity index is 1.62. The van der Waals surface area contributed by atoms with Crippen LogP contribution in [0.5, 0.6) is 11.5 Å². The first kappa shape index (κ1) is 20.4. The Hall–Kier alpha value is -2.86. The molecule has 1 atom stereocenters. The number of rotatable bonds is 6. The molecule has 30 heavy (non-hydrogen) atoms. The summed E-state index contributed by atoms with van der Waals surface area (Å²) >= 11 is 0. The summed E-state index contributed by atoms with van der Waals surface area (Å²) in [5.74, 6) is 2.49. The number of benzene rings is 2. The third kappa shape index (κ3) is 4.19. The van der Waals surface area contributed by atoms with E-state index in [0.717, 1.165) is 48.4 Å². The van der Waals surface area contributed by atoms with Gasteiger partial charge in [0.1, 0.15) is 23.1 Å². The highest BCUT2D eigenvalue weighted by molar-refractivity contribution is 5.65. The lowest BCUT2D eigenvalue weighted by Crippen LogP contribution is -2.33. The van der Waals surface area contributed by atoms with Gasteiger partial charge in [-0.3, -0.25) is 4.90 Å². The van der Waals surface area contributed by atoms with Crippen LogP contribution in [0.3, 0.4) is 0 Å². The number of methoxy groups -OCH3 is 2. The van der Waals surface area contributed by atoms with Crippen molar-refractivity contribution in [2.75, 3.05) is 20.8 Å². The van der Waals surface area contributed by atoms with E-state index < -0.39 is 0 Å². The lowest BCUT2D eigenvalue weighted by atomic mass is 9.95. The first-order chi connectivity index (χ1) is 14.6. The zero-order valence-electron chi connectivity index (χ0n) is 17.7. The fourth-order valence-electron chi connectivity index (χ4n) is 4.14. The van der Waals surface area contributed by atoms with Crippen LogP contribution < -0.4 is 9.47 Å². The molecule has 1 aliphatic heterocycles. The van der Waals surface area contributed by atoms with Crippen LogP contribution in [0.1, 0.15) is 42.3 Å². The van der Waals surface area contributed by atoms with Crippen molar-refractivity contribution in [1.29, 1.82) is 0 Å². The maximum absolute atomic E-state index is 13.8. The first-order valence-electron chi connectivity index (χ1n) is 10.3. The maximum atomic E-state index is 13.8. The molecule has 0 bridgehead atoms. The van der Waals surface area contributed by atoms with Gasteiger partial charge in [0.05, 0.1) is 25.5 Å². The molecule has 1 aromatic heterocycles. The highest BCUT2D eigenvalue weighted by Gasteiger charge is 2.26. The van der Waals surface area contributed by atoms with Crippen LogP contribution >= 0.6 is 0 Å². The molecule has 1 saturated heterocycles. The van der Waals surface area contributed by atoms with E-state index in [-0.39, 0.29) is 11.9 Å². The summed E-state index contributed by atoms with van der Waals surface area (Å²) in [5.41, 5.74) is 2.66. The second-order valence-corrected chi connectivity index (χ2v) is 7.63. The van der Waals surface area contributed by atoms with Crippen LogP contribution in [0.25, 0.3) is 11.5 Å². The summed E-state index contributed by atoms with van der Waals surface area (Å²) in [6, 6.07) is 12.7. The highest BCUT2D eigenvalue weighted by Crippen LogP contribution is 2.36. The number of oxazole rings is 1. The molecule has 2 aromatic carbocycles. The van der Waals surface area contributed by atoms with Crippen molar-refractivity contribution < 1.29 is 18.3 Å². The predicted octanol–water partition coefficient (Wildman–Crippen LogP) is 5.53. The Morgan fingerprint density at radius 2 is 2.00 bits per heavy atom. The van der Waals surface area contributed by atoms with Crippen molar-refractivity contribution in [1.82, 2.24) is 9.88 Å². The van der Waals surface area contributed by atoms with Gasteiger partial charge in [-0.1, -0.05) is 18.6 Å². The largest absolute Gasteiger partial charge is 0.497 e. The number of aryl methyl sites for hydroxylation is 1. The number of piperidine rings is 1. The van der Waals surface area contributed by atoms with Crippen LogP contribution in [0, 0.1) is 12.7 Å². The molecular weight excluding hydrogens is 383 g/mol. The van der Waals surface area contributed by atoms with Crippen LogP contribution in [-0.2, 0) is 6.54 Å². The average molecular weight is 410 g/mol. The molecule has 3 aromatic rings. The Morgan fingerprint density at radius 3 is 2.77 bits per heavy atom. The number of nitrogens with zero attached hydrogens (tertiary/aromatic N) is 2. The molecule has 0 amide bonds. The van der Waals surface area contributed by atoms with Gasteiger partial charge in [0.25, 0.3) is 0 Å². The minimum Gasteiger partial charge on any atom is -0.497 e. The summed E-state index contributed by atoms with van der Waals surface area (Å²) in [6.45, 7) is 3.54. The van der Waals surface area contributed by atoms with E-state index >= 15 is 0 Å². The molecule has 0 saturated carbocycles. The lowest BCUT2D eigenvalue weighted by molar-refractivity contribution is 0.138. The first-order valence-corrected chi connectivity index (χ1v) is 10.3. The van der Waals surface area contributed by atoms with Gasteiger partial charge in [-0.15, -0.1) is 0 Å². The van der Waals surface area contributed by atoms with Crippen molar-refractivity contribution in [3.8, 4) is 23.0 Å². The Labute approximate surface area is 176 Å². The number of hydrogen-bond donors (Lipinski definition) is 0. The summed E-state index contributed by atoms with van der Waals surface area (Å²) < 4.78 is 30.6. The van der Waals surface area contributed by atoms with Crippen LogP contribution in [0.2, 0.25) is 0 Å². The Kier molecular flexibility index (Phi) is 6.04. The zero-order valence-corrected chi connectivity index (χ0v) is 17.7. The van der Waals surface area contributed by atoms with E-state index in [1.807, 2.05) is 31.2 Å². The van der Waals surface area contributed by atoms with Gasteiger partial charge in [-0.25, -0.2) is 9.37 Å². The monoisotopic (exact) mass is 410 g/mol. The number of ether oxygens (including phenoxy) is 2. The SMILES string of the molecule is COc1ccc(OC)c(-c2nc(CN3CCCCC3c3cccc(F)c3)c(C)o2)c1. The number of hydrogen-bond acceptors (Lipinski definition) is 5. The summed E-state index contributed by atoms with van der Waals surface area (Å²) in [6.07, 6.45) is 3.28. The van der Waals surface area contributed by atoms with Crippen molar-refractivity contribution in [2.24, 2.45) is 0 Å². The molecule has 1 fully saturated rings. The summed E-state index contributed by atoms with van der Waals surface area (Å²) in [4.78, 5) is 7.16. The van der Waals surface area contributed by atoms with E-state index in [1.165, 1.54) is 6.07 Å². The van der Waals surface area contributed by atoms with E-state index in [2.05, 4.69) is 4.90 Å². The summed E-state index contributed by atoms with van der Waals surface area (Å²) in [5, 5.41) is 0.